The van der Waals surface area contributed by atoms with Crippen molar-refractivity contribution in [3.8, 4) is 0 Å². The molecule has 23 heavy (non-hydrogen) atoms. The van der Waals surface area contributed by atoms with Gasteiger partial charge < -0.3 is 5.32 Å². The summed E-state index contributed by atoms with van der Waals surface area (Å²) in [6, 6.07) is 8.16. The van der Waals surface area contributed by atoms with E-state index in [-0.39, 0.29) is 5.91 Å². The van der Waals surface area contributed by atoms with Crippen molar-refractivity contribution in [2.75, 3.05) is 6.54 Å². The summed E-state index contributed by atoms with van der Waals surface area (Å²) >= 11 is 1.73. The van der Waals surface area contributed by atoms with Crippen LogP contribution in [0.3, 0.4) is 0 Å². The monoisotopic (exact) mass is 329 g/mol. The second kappa shape index (κ2) is 7.82. The summed E-state index contributed by atoms with van der Waals surface area (Å²) in [5.74, 6) is 0.0921. The van der Waals surface area contributed by atoms with Gasteiger partial charge in [0.05, 0.1) is 15.2 Å². The number of aromatic nitrogens is 4. The van der Waals surface area contributed by atoms with Crippen molar-refractivity contribution in [2.24, 2.45) is 0 Å². The zero-order valence-electron chi connectivity index (χ0n) is 12.8. The highest BCUT2D eigenvalue weighted by Gasteiger charge is 2.04. The number of benzene rings is 1. The molecule has 0 aliphatic heterocycles. The molecule has 1 amide bonds. The van der Waals surface area contributed by atoms with Gasteiger partial charge in [0.1, 0.15) is 12.7 Å². The van der Waals surface area contributed by atoms with Gasteiger partial charge in [0.2, 0.25) is 5.91 Å². The largest absolute Gasteiger partial charge is 0.356 e. The molecule has 0 saturated carbocycles. The van der Waals surface area contributed by atoms with E-state index in [1.165, 1.54) is 11.0 Å². The summed E-state index contributed by atoms with van der Waals surface area (Å²) in [7, 11) is 0. The van der Waals surface area contributed by atoms with Gasteiger partial charge in [0, 0.05) is 25.9 Å². The number of carbonyl (C=O) groups excluding carboxylic acids is 1. The van der Waals surface area contributed by atoms with Gasteiger partial charge in [-0.2, -0.15) is 5.10 Å². The molecular formula is C16H19N5OS. The lowest BCUT2D eigenvalue weighted by molar-refractivity contribution is -0.121. The minimum atomic E-state index is 0.0921. The Bertz CT molecular complexity index is 720. The summed E-state index contributed by atoms with van der Waals surface area (Å²) in [5.41, 5.74) is 1.06. The molecule has 7 heteroatoms. The Morgan fingerprint density at radius 3 is 3.00 bits per heavy atom. The molecule has 0 fully saturated rings. The fraction of sp³-hybridized carbons (Fsp3) is 0.375. The summed E-state index contributed by atoms with van der Waals surface area (Å²) < 4.78 is 2.96. The number of nitrogens with zero attached hydrogens (tertiary/aromatic N) is 4. The number of fused-ring (bicyclic) bond motifs is 1. The van der Waals surface area contributed by atoms with Crippen molar-refractivity contribution < 1.29 is 4.79 Å². The van der Waals surface area contributed by atoms with Crippen molar-refractivity contribution >= 4 is 27.5 Å². The molecule has 0 unspecified atom stereocenters. The minimum absolute atomic E-state index is 0.0921. The molecule has 1 N–H and O–H groups in total. The smallest absolute Gasteiger partial charge is 0.220 e. The lowest BCUT2D eigenvalue weighted by Gasteiger charge is -2.04. The molecule has 0 bridgehead atoms. The van der Waals surface area contributed by atoms with Crippen molar-refractivity contribution in [3.05, 3.63) is 41.9 Å². The number of rotatable bonds is 8. The van der Waals surface area contributed by atoms with Crippen LogP contribution in [0.2, 0.25) is 0 Å². The standard InChI is InChI=1S/C16H19N5OS/c22-15(7-4-10-21-12-17-11-19-21)18-9-3-8-16-20-13-5-1-2-6-14(13)23-16/h1-2,5-6,11-12H,3-4,7-10H2,(H,18,22). The zero-order chi connectivity index (χ0) is 15.9. The number of aryl methyl sites for hydroxylation is 2. The summed E-state index contributed by atoms with van der Waals surface area (Å²) in [5, 5.41) is 8.10. The second-order valence-corrected chi connectivity index (χ2v) is 6.41. The van der Waals surface area contributed by atoms with Crippen LogP contribution in [-0.2, 0) is 17.8 Å². The minimum Gasteiger partial charge on any atom is -0.356 e. The molecule has 3 aromatic rings. The molecule has 0 atom stereocenters. The van der Waals surface area contributed by atoms with E-state index in [1.54, 1.807) is 22.3 Å². The van der Waals surface area contributed by atoms with Crippen LogP contribution in [0, 0.1) is 0 Å². The molecule has 0 aliphatic rings. The molecule has 0 saturated heterocycles. The first kappa shape index (κ1) is 15.6. The van der Waals surface area contributed by atoms with Crippen LogP contribution in [0.5, 0.6) is 0 Å². The highest BCUT2D eigenvalue weighted by molar-refractivity contribution is 7.18. The number of nitrogens with one attached hydrogen (secondary N) is 1. The first-order valence-corrected chi connectivity index (χ1v) is 8.56. The van der Waals surface area contributed by atoms with E-state index in [0.717, 1.165) is 36.3 Å². The van der Waals surface area contributed by atoms with Gasteiger partial charge in [-0.3, -0.25) is 9.48 Å². The molecule has 2 heterocycles. The SMILES string of the molecule is O=C(CCCn1cncn1)NCCCc1nc2ccccc2s1. The van der Waals surface area contributed by atoms with Crippen LogP contribution in [0.1, 0.15) is 24.3 Å². The van der Waals surface area contributed by atoms with Crippen LogP contribution in [0.15, 0.2) is 36.9 Å². The van der Waals surface area contributed by atoms with E-state index in [1.807, 2.05) is 18.2 Å². The third kappa shape index (κ3) is 4.59. The van der Waals surface area contributed by atoms with Gasteiger partial charge in [0.25, 0.3) is 0 Å². The maximum atomic E-state index is 11.8. The molecular weight excluding hydrogens is 310 g/mol. The Kier molecular flexibility index (Phi) is 5.31. The van der Waals surface area contributed by atoms with Crippen molar-refractivity contribution in [2.45, 2.75) is 32.2 Å². The lowest BCUT2D eigenvalue weighted by Crippen LogP contribution is -2.24. The highest BCUT2D eigenvalue weighted by atomic mass is 32.1. The predicted octanol–water partition coefficient (Wildman–Crippen LogP) is 2.42. The molecule has 2 aromatic heterocycles. The Morgan fingerprint density at radius 1 is 1.26 bits per heavy atom. The maximum absolute atomic E-state index is 11.8. The fourth-order valence-electron chi connectivity index (χ4n) is 2.33. The number of amides is 1. The second-order valence-electron chi connectivity index (χ2n) is 5.29. The van der Waals surface area contributed by atoms with Gasteiger partial charge in [-0.25, -0.2) is 9.97 Å². The quantitative estimate of drug-likeness (QED) is 0.644. The van der Waals surface area contributed by atoms with Crippen molar-refractivity contribution in [1.29, 1.82) is 0 Å². The molecule has 0 radical (unpaired) electrons. The van der Waals surface area contributed by atoms with Gasteiger partial charge >= 0.3 is 0 Å². The summed E-state index contributed by atoms with van der Waals surface area (Å²) in [6.45, 7) is 1.41. The van der Waals surface area contributed by atoms with Crippen molar-refractivity contribution in [3.63, 3.8) is 0 Å². The molecule has 6 nitrogen and oxygen atoms in total. The zero-order valence-corrected chi connectivity index (χ0v) is 13.6. The van der Waals surface area contributed by atoms with Gasteiger partial charge in [-0.05, 0) is 25.0 Å². The maximum Gasteiger partial charge on any atom is 0.220 e. The van der Waals surface area contributed by atoms with Crippen LogP contribution in [0.4, 0.5) is 0 Å². The number of para-hydroxylation sites is 1. The van der Waals surface area contributed by atoms with E-state index in [2.05, 4.69) is 26.4 Å². The fourth-order valence-corrected chi connectivity index (χ4v) is 3.34. The normalized spacial score (nSPS) is 11.0. The summed E-state index contributed by atoms with van der Waals surface area (Å²) in [4.78, 5) is 20.2. The average Bonchev–Trinajstić information content (AvgIpc) is 3.20. The lowest BCUT2D eigenvalue weighted by atomic mass is 10.2. The summed E-state index contributed by atoms with van der Waals surface area (Å²) in [6.07, 6.45) is 6.26. The average molecular weight is 329 g/mol. The Labute approximate surface area is 138 Å². The Hall–Kier alpha value is -2.28. The van der Waals surface area contributed by atoms with E-state index in [0.29, 0.717) is 13.0 Å². The van der Waals surface area contributed by atoms with Crippen LogP contribution >= 0.6 is 11.3 Å². The third-order valence-corrected chi connectivity index (χ3v) is 4.58. The highest BCUT2D eigenvalue weighted by Crippen LogP contribution is 2.22. The van der Waals surface area contributed by atoms with Gasteiger partial charge in [-0.1, -0.05) is 12.1 Å². The van der Waals surface area contributed by atoms with Crippen LogP contribution in [-0.4, -0.2) is 32.2 Å². The van der Waals surface area contributed by atoms with E-state index >= 15 is 0 Å². The Balaban J connectivity index is 1.32. The predicted molar refractivity (Wildman–Crippen MR) is 90.2 cm³/mol. The molecule has 0 aliphatic carbocycles. The number of hydrogen-bond acceptors (Lipinski definition) is 5. The third-order valence-electron chi connectivity index (χ3n) is 3.49. The topological polar surface area (TPSA) is 72.7 Å². The van der Waals surface area contributed by atoms with Gasteiger partial charge in [-0.15, -0.1) is 11.3 Å². The number of hydrogen-bond donors (Lipinski definition) is 1. The number of carbonyl (C=O) groups is 1. The van der Waals surface area contributed by atoms with Crippen LogP contribution in [0.25, 0.3) is 10.2 Å². The first-order valence-electron chi connectivity index (χ1n) is 7.75. The molecule has 3 rings (SSSR count). The van der Waals surface area contributed by atoms with Gasteiger partial charge in [0.15, 0.2) is 0 Å². The Morgan fingerprint density at radius 2 is 2.17 bits per heavy atom. The number of thiazole rings is 1. The van der Waals surface area contributed by atoms with Crippen LogP contribution < -0.4 is 5.32 Å². The van der Waals surface area contributed by atoms with E-state index in [4.69, 9.17) is 0 Å². The molecule has 1 aromatic carbocycles. The molecule has 0 spiro atoms. The first-order chi connectivity index (χ1) is 11.3. The van der Waals surface area contributed by atoms with E-state index < -0.39 is 0 Å². The molecule has 120 valence electrons. The van der Waals surface area contributed by atoms with E-state index in [9.17, 15) is 4.79 Å². The van der Waals surface area contributed by atoms with Crippen molar-refractivity contribution in [1.82, 2.24) is 25.1 Å².